The van der Waals surface area contributed by atoms with Gasteiger partial charge in [-0.05, 0) is 17.7 Å². The number of carbonyl (C=O) groups is 1. The van der Waals surface area contributed by atoms with E-state index in [2.05, 4.69) is 20.3 Å². The quantitative estimate of drug-likeness (QED) is 0.718. The molecular formula is C18H16N4O3S. The first-order valence-electron chi connectivity index (χ1n) is 8.14. The molecule has 1 amide bonds. The maximum absolute atomic E-state index is 12.1. The summed E-state index contributed by atoms with van der Waals surface area (Å²) in [6.07, 6.45) is 5.94. The van der Waals surface area contributed by atoms with Crippen molar-refractivity contribution in [2.24, 2.45) is 0 Å². The van der Waals surface area contributed by atoms with Gasteiger partial charge in [0.15, 0.2) is 11.5 Å². The molecule has 8 heteroatoms. The maximum Gasteiger partial charge on any atom is 0.231 e. The molecule has 7 nitrogen and oxygen atoms in total. The Morgan fingerprint density at radius 3 is 3.04 bits per heavy atom. The van der Waals surface area contributed by atoms with Crippen LogP contribution in [0, 0.1) is 0 Å². The van der Waals surface area contributed by atoms with Crippen molar-refractivity contribution in [2.75, 3.05) is 13.3 Å². The average molecular weight is 368 g/mol. The van der Waals surface area contributed by atoms with Crippen LogP contribution in [-0.4, -0.2) is 34.2 Å². The Morgan fingerprint density at radius 2 is 2.15 bits per heavy atom. The van der Waals surface area contributed by atoms with E-state index in [1.807, 2.05) is 23.6 Å². The van der Waals surface area contributed by atoms with Crippen LogP contribution in [0.5, 0.6) is 11.5 Å². The van der Waals surface area contributed by atoms with E-state index in [9.17, 15) is 4.79 Å². The number of hydrogen-bond donors (Lipinski definition) is 1. The van der Waals surface area contributed by atoms with Gasteiger partial charge in [0.1, 0.15) is 10.7 Å². The highest BCUT2D eigenvalue weighted by molar-refractivity contribution is 7.13. The Balaban J connectivity index is 1.27. The Labute approximate surface area is 154 Å². The minimum Gasteiger partial charge on any atom is -0.454 e. The van der Waals surface area contributed by atoms with Gasteiger partial charge in [-0.25, -0.2) is 4.98 Å². The van der Waals surface area contributed by atoms with Gasteiger partial charge in [-0.1, -0.05) is 6.07 Å². The van der Waals surface area contributed by atoms with E-state index < -0.39 is 0 Å². The molecule has 1 N–H and O–H groups in total. The third-order valence-electron chi connectivity index (χ3n) is 3.84. The number of amides is 1. The number of benzene rings is 1. The number of rotatable bonds is 6. The lowest BCUT2D eigenvalue weighted by Gasteiger charge is -2.05. The van der Waals surface area contributed by atoms with Crippen molar-refractivity contribution in [1.29, 1.82) is 0 Å². The Hall–Kier alpha value is -3.00. The zero-order chi connectivity index (χ0) is 17.8. The molecule has 0 atom stereocenters. The molecule has 132 valence electrons. The number of hydrogen-bond acceptors (Lipinski definition) is 7. The molecule has 0 fully saturated rings. The monoisotopic (exact) mass is 368 g/mol. The molecular weight excluding hydrogens is 352 g/mol. The second-order valence-electron chi connectivity index (χ2n) is 5.70. The van der Waals surface area contributed by atoms with E-state index in [-0.39, 0.29) is 12.7 Å². The molecule has 26 heavy (non-hydrogen) atoms. The highest BCUT2D eigenvalue weighted by atomic mass is 32.1. The van der Waals surface area contributed by atoms with Crippen LogP contribution >= 0.6 is 11.3 Å². The lowest BCUT2D eigenvalue weighted by atomic mass is 10.1. The summed E-state index contributed by atoms with van der Waals surface area (Å²) in [6.45, 7) is 0.766. The predicted octanol–water partition coefficient (Wildman–Crippen LogP) is 2.23. The highest BCUT2D eigenvalue weighted by Gasteiger charge is 2.14. The molecule has 0 saturated carbocycles. The summed E-state index contributed by atoms with van der Waals surface area (Å²) in [5.74, 6) is 1.37. The Morgan fingerprint density at radius 1 is 1.23 bits per heavy atom. The number of nitrogens with zero attached hydrogens (tertiary/aromatic N) is 3. The number of carbonyl (C=O) groups excluding carboxylic acids is 1. The highest BCUT2D eigenvalue weighted by Crippen LogP contribution is 2.32. The van der Waals surface area contributed by atoms with E-state index in [1.54, 1.807) is 18.6 Å². The first-order chi connectivity index (χ1) is 12.8. The van der Waals surface area contributed by atoms with Gasteiger partial charge in [-0.3, -0.25) is 14.8 Å². The molecule has 4 rings (SSSR count). The van der Waals surface area contributed by atoms with Crippen LogP contribution in [0.1, 0.15) is 11.3 Å². The Kier molecular flexibility index (Phi) is 4.74. The lowest BCUT2D eigenvalue weighted by molar-refractivity contribution is -0.120. The molecule has 1 aromatic carbocycles. The van der Waals surface area contributed by atoms with E-state index in [0.29, 0.717) is 25.1 Å². The van der Waals surface area contributed by atoms with Gasteiger partial charge in [0.2, 0.25) is 12.7 Å². The van der Waals surface area contributed by atoms with Gasteiger partial charge in [0, 0.05) is 30.7 Å². The minimum atomic E-state index is -0.0340. The average Bonchev–Trinajstić information content (AvgIpc) is 3.31. The molecule has 2 aromatic heterocycles. The van der Waals surface area contributed by atoms with Crippen molar-refractivity contribution in [3.63, 3.8) is 0 Å². The molecule has 3 heterocycles. The van der Waals surface area contributed by atoms with E-state index in [1.165, 1.54) is 11.3 Å². The van der Waals surface area contributed by atoms with Crippen molar-refractivity contribution in [3.8, 4) is 22.2 Å². The molecule has 1 aliphatic heterocycles. The molecule has 0 radical (unpaired) electrons. The second kappa shape index (κ2) is 7.49. The number of fused-ring (bicyclic) bond motifs is 1. The third kappa shape index (κ3) is 3.80. The maximum atomic E-state index is 12.1. The van der Waals surface area contributed by atoms with Crippen LogP contribution in [0.4, 0.5) is 0 Å². The van der Waals surface area contributed by atoms with Crippen LogP contribution in [0.2, 0.25) is 0 Å². The number of ether oxygens (including phenoxy) is 2. The summed E-state index contributed by atoms with van der Waals surface area (Å²) in [5, 5.41) is 5.74. The molecule has 0 spiro atoms. The van der Waals surface area contributed by atoms with E-state index >= 15 is 0 Å². The molecule has 0 saturated heterocycles. The van der Waals surface area contributed by atoms with Gasteiger partial charge in [0.25, 0.3) is 0 Å². The number of aromatic nitrogens is 3. The van der Waals surface area contributed by atoms with E-state index in [4.69, 9.17) is 9.47 Å². The molecule has 3 aromatic rings. The zero-order valence-electron chi connectivity index (χ0n) is 13.8. The third-order valence-corrected chi connectivity index (χ3v) is 4.75. The van der Waals surface area contributed by atoms with Crippen molar-refractivity contribution in [2.45, 2.75) is 12.8 Å². The van der Waals surface area contributed by atoms with E-state index in [0.717, 1.165) is 27.7 Å². The van der Waals surface area contributed by atoms with Gasteiger partial charge >= 0.3 is 0 Å². The normalized spacial score (nSPS) is 12.2. The first kappa shape index (κ1) is 16.5. The first-order valence-corrected chi connectivity index (χ1v) is 9.02. The fourth-order valence-electron chi connectivity index (χ4n) is 2.58. The molecule has 1 aliphatic rings. The predicted molar refractivity (Wildman–Crippen MR) is 96.1 cm³/mol. The standard InChI is InChI=1S/C18H16N4O3S/c23-17(8-12-1-2-15-16(7-12)25-11-24-15)21-4-3-13-10-26-18(22-13)14-9-19-5-6-20-14/h1-2,5-7,9-10H,3-4,8,11H2,(H,21,23). The van der Waals surface area contributed by atoms with Crippen LogP contribution in [-0.2, 0) is 17.6 Å². The summed E-state index contributed by atoms with van der Waals surface area (Å²) >= 11 is 1.52. The van der Waals surface area contributed by atoms with Crippen LogP contribution in [0.3, 0.4) is 0 Å². The van der Waals surface area contributed by atoms with Crippen molar-refractivity contribution in [3.05, 3.63) is 53.4 Å². The largest absolute Gasteiger partial charge is 0.454 e. The summed E-state index contributed by atoms with van der Waals surface area (Å²) in [7, 11) is 0. The summed E-state index contributed by atoms with van der Waals surface area (Å²) in [5.41, 5.74) is 2.58. The topological polar surface area (TPSA) is 86.2 Å². The molecule has 0 bridgehead atoms. The fraction of sp³-hybridized carbons (Fsp3) is 0.222. The fourth-order valence-corrected chi connectivity index (χ4v) is 3.39. The van der Waals surface area contributed by atoms with Gasteiger partial charge < -0.3 is 14.8 Å². The molecule has 0 aliphatic carbocycles. The van der Waals surface area contributed by atoms with Gasteiger partial charge in [0.05, 0.1) is 18.3 Å². The summed E-state index contributed by atoms with van der Waals surface area (Å²) < 4.78 is 10.6. The zero-order valence-corrected chi connectivity index (χ0v) is 14.7. The van der Waals surface area contributed by atoms with Gasteiger partial charge in [-0.2, -0.15) is 0 Å². The number of nitrogens with one attached hydrogen (secondary N) is 1. The second-order valence-corrected chi connectivity index (χ2v) is 6.56. The lowest BCUT2D eigenvalue weighted by Crippen LogP contribution is -2.27. The van der Waals surface area contributed by atoms with Gasteiger partial charge in [-0.15, -0.1) is 11.3 Å². The molecule has 0 unspecified atom stereocenters. The Bertz CT molecular complexity index is 914. The van der Waals surface area contributed by atoms with Crippen molar-refractivity contribution >= 4 is 17.2 Å². The summed E-state index contributed by atoms with van der Waals surface area (Å²) in [4.78, 5) is 24.9. The van der Waals surface area contributed by atoms with Crippen molar-refractivity contribution < 1.29 is 14.3 Å². The summed E-state index contributed by atoms with van der Waals surface area (Å²) in [6, 6.07) is 5.55. The van der Waals surface area contributed by atoms with Crippen molar-refractivity contribution in [1.82, 2.24) is 20.3 Å². The SMILES string of the molecule is O=C(Cc1ccc2c(c1)OCO2)NCCc1csc(-c2cnccn2)n1. The van der Waals surface area contributed by atoms with Crippen LogP contribution in [0.25, 0.3) is 10.7 Å². The number of thiazole rings is 1. The minimum absolute atomic E-state index is 0.0340. The van der Waals surface area contributed by atoms with Crippen LogP contribution in [0.15, 0.2) is 42.2 Å². The van der Waals surface area contributed by atoms with Crippen LogP contribution < -0.4 is 14.8 Å². The smallest absolute Gasteiger partial charge is 0.231 e.